The van der Waals surface area contributed by atoms with Gasteiger partial charge in [-0.1, -0.05) is 29.8 Å². The molecule has 1 heterocycles. The van der Waals surface area contributed by atoms with E-state index < -0.39 is 0 Å². The van der Waals surface area contributed by atoms with Crippen molar-refractivity contribution in [3.05, 3.63) is 63.2 Å². The Morgan fingerprint density at radius 2 is 1.95 bits per heavy atom. The van der Waals surface area contributed by atoms with Gasteiger partial charge in [-0.05, 0) is 30.2 Å². The summed E-state index contributed by atoms with van der Waals surface area (Å²) in [6.07, 6.45) is 0.899. The normalized spacial score (nSPS) is 13.4. The summed E-state index contributed by atoms with van der Waals surface area (Å²) < 4.78 is 0. The average molecular weight is 275 g/mol. The molecule has 2 aromatic carbocycles. The maximum atomic E-state index is 11.2. The molecule has 1 aliphatic heterocycles. The summed E-state index contributed by atoms with van der Waals surface area (Å²) in [6, 6.07) is 12.8. The van der Waals surface area contributed by atoms with Gasteiger partial charge in [0.05, 0.1) is 4.92 Å². The van der Waals surface area contributed by atoms with Gasteiger partial charge in [0.25, 0.3) is 5.69 Å². The first-order valence-corrected chi connectivity index (χ1v) is 6.34. The number of hydrogen-bond acceptors (Lipinski definition) is 3. The zero-order chi connectivity index (χ0) is 13.4. The topological polar surface area (TPSA) is 46.4 Å². The molecule has 19 heavy (non-hydrogen) atoms. The summed E-state index contributed by atoms with van der Waals surface area (Å²) in [5.74, 6) is 0. The average Bonchev–Trinajstić information content (AvgIpc) is 2.82. The van der Waals surface area contributed by atoms with Gasteiger partial charge in [0.1, 0.15) is 5.69 Å². The van der Waals surface area contributed by atoms with Crippen molar-refractivity contribution >= 4 is 28.7 Å². The van der Waals surface area contributed by atoms with E-state index in [0.717, 1.165) is 18.7 Å². The fraction of sp³-hybridized carbons (Fsp3) is 0.143. The number of nitrogens with zero attached hydrogens (tertiary/aromatic N) is 2. The van der Waals surface area contributed by atoms with Crippen LogP contribution in [0.4, 0.5) is 17.1 Å². The Hall–Kier alpha value is -2.07. The van der Waals surface area contributed by atoms with Gasteiger partial charge in [0, 0.05) is 23.3 Å². The van der Waals surface area contributed by atoms with E-state index in [2.05, 4.69) is 6.07 Å². The van der Waals surface area contributed by atoms with Crippen molar-refractivity contribution in [1.82, 2.24) is 0 Å². The Morgan fingerprint density at radius 1 is 1.16 bits per heavy atom. The lowest BCUT2D eigenvalue weighted by molar-refractivity contribution is -0.384. The van der Waals surface area contributed by atoms with Crippen LogP contribution in [0.15, 0.2) is 42.5 Å². The Bertz CT molecular complexity index is 658. The third kappa shape index (κ3) is 2.04. The second kappa shape index (κ2) is 4.55. The molecule has 0 saturated heterocycles. The van der Waals surface area contributed by atoms with E-state index in [0.29, 0.717) is 10.7 Å². The minimum absolute atomic E-state index is 0.0456. The minimum Gasteiger partial charge on any atom is -0.335 e. The largest absolute Gasteiger partial charge is 0.335 e. The van der Waals surface area contributed by atoms with Crippen molar-refractivity contribution in [3.8, 4) is 0 Å². The maximum Gasteiger partial charge on any atom is 0.294 e. The van der Waals surface area contributed by atoms with Crippen LogP contribution in [0, 0.1) is 10.1 Å². The van der Waals surface area contributed by atoms with Gasteiger partial charge in [0.2, 0.25) is 0 Å². The summed E-state index contributed by atoms with van der Waals surface area (Å²) in [4.78, 5) is 12.8. The first kappa shape index (κ1) is 12.0. The predicted octanol–water partition coefficient (Wildman–Crippen LogP) is 3.94. The smallest absolute Gasteiger partial charge is 0.294 e. The van der Waals surface area contributed by atoms with E-state index in [4.69, 9.17) is 11.6 Å². The quantitative estimate of drug-likeness (QED) is 0.615. The number of anilines is 2. The highest BCUT2D eigenvalue weighted by Crippen LogP contribution is 2.39. The molecular formula is C14H11ClN2O2. The van der Waals surface area contributed by atoms with Crippen LogP contribution < -0.4 is 4.90 Å². The molecule has 0 saturated carbocycles. The molecule has 4 nitrogen and oxygen atoms in total. The third-order valence-electron chi connectivity index (χ3n) is 3.31. The number of benzene rings is 2. The van der Waals surface area contributed by atoms with E-state index in [1.165, 1.54) is 11.6 Å². The molecular weight excluding hydrogens is 264 g/mol. The molecule has 0 bridgehead atoms. The fourth-order valence-corrected chi connectivity index (χ4v) is 2.63. The number of rotatable bonds is 2. The zero-order valence-corrected chi connectivity index (χ0v) is 10.8. The molecule has 0 N–H and O–H groups in total. The van der Waals surface area contributed by atoms with Crippen LogP contribution in [0.2, 0.25) is 5.02 Å². The zero-order valence-electron chi connectivity index (χ0n) is 10.0. The summed E-state index contributed by atoms with van der Waals surface area (Å²) in [5, 5.41) is 11.5. The maximum absolute atomic E-state index is 11.2. The lowest BCUT2D eigenvalue weighted by atomic mass is 10.2. The van der Waals surface area contributed by atoms with Gasteiger partial charge in [-0.2, -0.15) is 0 Å². The Labute approximate surface area is 115 Å². The SMILES string of the molecule is O=[N+]([O-])c1cc(Cl)ccc1N1CCc2ccccc21. The van der Waals surface area contributed by atoms with Gasteiger partial charge in [-0.25, -0.2) is 0 Å². The first-order valence-electron chi connectivity index (χ1n) is 5.96. The third-order valence-corrected chi connectivity index (χ3v) is 3.55. The monoisotopic (exact) mass is 274 g/mol. The molecule has 1 aliphatic rings. The van der Waals surface area contributed by atoms with Crippen molar-refractivity contribution in [2.75, 3.05) is 11.4 Å². The van der Waals surface area contributed by atoms with Crippen LogP contribution in [0.5, 0.6) is 0 Å². The molecule has 5 heteroatoms. The van der Waals surface area contributed by atoms with Gasteiger partial charge >= 0.3 is 0 Å². The van der Waals surface area contributed by atoms with Crippen LogP contribution in [0.25, 0.3) is 0 Å². The van der Waals surface area contributed by atoms with Crippen LogP contribution in [-0.4, -0.2) is 11.5 Å². The molecule has 0 atom stereocenters. The van der Waals surface area contributed by atoms with E-state index in [-0.39, 0.29) is 10.6 Å². The minimum atomic E-state index is -0.387. The fourth-order valence-electron chi connectivity index (χ4n) is 2.46. The molecule has 96 valence electrons. The van der Waals surface area contributed by atoms with E-state index in [9.17, 15) is 10.1 Å². The summed E-state index contributed by atoms with van der Waals surface area (Å²) in [7, 11) is 0. The number of halogens is 1. The molecule has 0 amide bonds. The second-order valence-electron chi connectivity index (χ2n) is 4.42. The van der Waals surface area contributed by atoms with Gasteiger partial charge in [0.15, 0.2) is 0 Å². The number of nitro groups is 1. The molecule has 0 fully saturated rings. The Kier molecular flexibility index (Phi) is 2.87. The number of hydrogen-bond donors (Lipinski definition) is 0. The van der Waals surface area contributed by atoms with Crippen LogP contribution >= 0.6 is 11.6 Å². The van der Waals surface area contributed by atoms with Crippen molar-refractivity contribution < 1.29 is 4.92 Å². The molecule has 0 spiro atoms. The second-order valence-corrected chi connectivity index (χ2v) is 4.86. The van der Waals surface area contributed by atoms with Gasteiger partial charge in [-0.15, -0.1) is 0 Å². The highest BCUT2D eigenvalue weighted by atomic mass is 35.5. The molecule has 0 aromatic heterocycles. The van der Waals surface area contributed by atoms with Gasteiger partial charge in [-0.3, -0.25) is 10.1 Å². The highest BCUT2D eigenvalue weighted by molar-refractivity contribution is 6.31. The molecule has 0 unspecified atom stereocenters. The standard InChI is InChI=1S/C14H11ClN2O2/c15-11-5-6-13(14(9-11)17(18)19)16-8-7-10-3-1-2-4-12(10)16/h1-6,9H,7-8H2. The van der Waals surface area contributed by atoms with E-state index in [1.54, 1.807) is 12.1 Å². The lowest BCUT2D eigenvalue weighted by Gasteiger charge is -2.19. The first-order chi connectivity index (χ1) is 9.16. The Balaban J connectivity index is 2.12. The van der Waals surface area contributed by atoms with Crippen molar-refractivity contribution in [3.63, 3.8) is 0 Å². The van der Waals surface area contributed by atoms with Gasteiger partial charge < -0.3 is 4.90 Å². The number of nitro benzene ring substituents is 1. The number of para-hydroxylation sites is 1. The highest BCUT2D eigenvalue weighted by Gasteiger charge is 2.26. The van der Waals surface area contributed by atoms with Crippen LogP contribution in [-0.2, 0) is 6.42 Å². The lowest BCUT2D eigenvalue weighted by Crippen LogP contribution is -2.14. The summed E-state index contributed by atoms with van der Waals surface area (Å²) in [5.41, 5.74) is 2.89. The molecule has 3 rings (SSSR count). The molecule has 0 aliphatic carbocycles. The van der Waals surface area contributed by atoms with Crippen molar-refractivity contribution in [1.29, 1.82) is 0 Å². The summed E-state index contributed by atoms with van der Waals surface area (Å²) in [6.45, 7) is 0.752. The van der Waals surface area contributed by atoms with E-state index >= 15 is 0 Å². The Morgan fingerprint density at radius 3 is 2.74 bits per heavy atom. The molecule has 2 aromatic rings. The van der Waals surface area contributed by atoms with Crippen molar-refractivity contribution in [2.45, 2.75) is 6.42 Å². The summed E-state index contributed by atoms with van der Waals surface area (Å²) >= 11 is 5.84. The molecule has 0 radical (unpaired) electrons. The van der Waals surface area contributed by atoms with Crippen LogP contribution in [0.1, 0.15) is 5.56 Å². The predicted molar refractivity (Wildman–Crippen MR) is 75.3 cm³/mol. The number of fused-ring (bicyclic) bond motifs is 1. The van der Waals surface area contributed by atoms with E-state index in [1.807, 2.05) is 23.1 Å². The van der Waals surface area contributed by atoms with Crippen molar-refractivity contribution in [2.24, 2.45) is 0 Å². The van der Waals surface area contributed by atoms with Crippen LogP contribution in [0.3, 0.4) is 0 Å².